The second kappa shape index (κ2) is 10.1. The number of halogens is 1. The quantitative estimate of drug-likeness (QED) is 0.745. The number of piperidine rings is 1. The van der Waals surface area contributed by atoms with E-state index in [9.17, 15) is 0 Å². The summed E-state index contributed by atoms with van der Waals surface area (Å²) in [6.07, 6.45) is 4.11. The number of aryl methyl sites for hydroxylation is 1. The van der Waals surface area contributed by atoms with Crippen LogP contribution in [0, 0.1) is 17.2 Å². The largest absolute Gasteiger partial charge is 0.355 e. The van der Waals surface area contributed by atoms with Gasteiger partial charge >= 0.3 is 0 Å². The van der Waals surface area contributed by atoms with Crippen LogP contribution in [0.1, 0.15) is 30.4 Å². The standard InChI is InChI=1S/C19H24N2.CBrN/c1-16-14-17(15-21-12-6-3-7-13-21)10-11-19(16)20-18-8-4-2-5-9-18;2-1-3/h2,4-5,8-11,14,20H,3,6-7,12-13,15H2,1H3;. The average molecular weight is 386 g/mol. The van der Waals surface area contributed by atoms with Crippen LogP contribution in [-0.2, 0) is 6.54 Å². The van der Waals surface area contributed by atoms with E-state index < -0.39 is 0 Å². The summed E-state index contributed by atoms with van der Waals surface area (Å²) in [6.45, 7) is 5.78. The van der Waals surface area contributed by atoms with Gasteiger partial charge in [0.25, 0.3) is 0 Å². The lowest BCUT2D eigenvalue weighted by molar-refractivity contribution is 0.221. The number of hydrogen-bond donors (Lipinski definition) is 1. The van der Waals surface area contributed by atoms with Crippen molar-refractivity contribution in [3.05, 3.63) is 59.7 Å². The lowest BCUT2D eigenvalue weighted by atomic mass is 10.1. The first-order valence-electron chi connectivity index (χ1n) is 8.36. The zero-order chi connectivity index (χ0) is 17.2. The van der Waals surface area contributed by atoms with Crippen molar-refractivity contribution >= 4 is 27.3 Å². The fraction of sp³-hybridized carbons (Fsp3) is 0.350. The fourth-order valence-electron chi connectivity index (χ4n) is 3.02. The second-order valence-corrected chi connectivity index (χ2v) is 6.42. The summed E-state index contributed by atoms with van der Waals surface area (Å²) >= 11 is 2.45. The Bertz CT molecular complexity index is 658. The minimum atomic E-state index is 1.09. The molecular weight excluding hydrogens is 362 g/mol. The molecule has 2 aromatic rings. The Hall–Kier alpha value is -1.83. The van der Waals surface area contributed by atoms with Crippen molar-refractivity contribution in [2.24, 2.45) is 0 Å². The molecule has 0 atom stereocenters. The van der Waals surface area contributed by atoms with Gasteiger partial charge in [-0.25, -0.2) is 0 Å². The molecule has 3 nitrogen and oxygen atoms in total. The summed E-state index contributed by atoms with van der Waals surface area (Å²) in [7, 11) is 0. The highest BCUT2D eigenvalue weighted by atomic mass is 79.9. The van der Waals surface area contributed by atoms with Crippen molar-refractivity contribution in [1.82, 2.24) is 4.90 Å². The van der Waals surface area contributed by atoms with Crippen molar-refractivity contribution in [2.45, 2.75) is 32.7 Å². The first kappa shape index (κ1) is 18.5. The molecule has 2 aromatic carbocycles. The third-order valence-corrected chi connectivity index (χ3v) is 4.20. The van der Waals surface area contributed by atoms with Crippen molar-refractivity contribution in [3.8, 4) is 4.98 Å². The van der Waals surface area contributed by atoms with E-state index in [-0.39, 0.29) is 0 Å². The van der Waals surface area contributed by atoms with Crippen LogP contribution in [0.4, 0.5) is 11.4 Å². The van der Waals surface area contributed by atoms with Crippen LogP contribution in [0.15, 0.2) is 48.5 Å². The normalized spacial score (nSPS) is 14.2. The van der Waals surface area contributed by atoms with Gasteiger partial charge in [-0.1, -0.05) is 36.8 Å². The highest BCUT2D eigenvalue weighted by Crippen LogP contribution is 2.22. The Balaban J connectivity index is 0.000000647. The van der Waals surface area contributed by atoms with E-state index in [0.29, 0.717) is 0 Å². The minimum Gasteiger partial charge on any atom is -0.355 e. The highest BCUT2D eigenvalue weighted by molar-refractivity contribution is 9.12. The molecule has 24 heavy (non-hydrogen) atoms. The summed E-state index contributed by atoms with van der Waals surface area (Å²) in [5.41, 5.74) is 5.08. The molecule has 0 bridgehead atoms. The third-order valence-electron chi connectivity index (χ3n) is 4.20. The Kier molecular flexibility index (Phi) is 7.81. The number of likely N-dealkylation sites (tertiary alicyclic amines) is 1. The maximum Gasteiger partial charge on any atom is 0.142 e. The van der Waals surface area contributed by atoms with Gasteiger partial charge in [0.2, 0.25) is 0 Å². The van der Waals surface area contributed by atoms with E-state index in [2.05, 4.69) is 75.5 Å². The summed E-state index contributed by atoms with van der Waals surface area (Å²) in [5, 5.41) is 10.7. The van der Waals surface area contributed by atoms with Crippen molar-refractivity contribution in [1.29, 1.82) is 5.26 Å². The summed E-state index contributed by atoms with van der Waals surface area (Å²) in [4.78, 5) is 4.13. The molecule has 3 rings (SSSR count). The fourth-order valence-corrected chi connectivity index (χ4v) is 3.02. The number of rotatable bonds is 4. The van der Waals surface area contributed by atoms with Crippen LogP contribution >= 0.6 is 15.9 Å². The molecule has 1 aliphatic rings. The van der Waals surface area contributed by atoms with Gasteiger partial charge < -0.3 is 5.32 Å². The average Bonchev–Trinajstić information content (AvgIpc) is 2.60. The SMILES string of the molecule is Cc1cc(CN2CCCCC2)ccc1Nc1ccccc1.N#CBr. The van der Waals surface area contributed by atoms with Crippen molar-refractivity contribution in [2.75, 3.05) is 18.4 Å². The van der Waals surface area contributed by atoms with Crippen molar-refractivity contribution in [3.63, 3.8) is 0 Å². The van der Waals surface area contributed by atoms with Crippen LogP contribution in [0.25, 0.3) is 0 Å². The molecule has 0 aliphatic carbocycles. The topological polar surface area (TPSA) is 39.1 Å². The zero-order valence-electron chi connectivity index (χ0n) is 14.1. The van der Waals surface area contributed by atoms with Crippen LogP contribution in [0.5, 0.6) is 0 Å². The number of nitrogens with zero attached hydrogens (tertiary/aromatic N) is 2. The molecule has 1 fully saturated rings. The van der Waals surface area contributed by atoms with Gasteiger partial charge in [-0.05, 0) is 62.2 Å². The summed E-state index contributed by atoms with van der Waals surface area (Å²) < 4.78 is 0. The monoisotopic (exact) mass is 385 g/mol. The predicted octanol–water partition coefficient (Wildman–Crippen LogP) is 5.59. The smallest absolute Gasteiger partial charge is 0.142 e. The summed E-state index contributed by atoms with van der Waals surface area (Å²) in [6, 6.07) is 17.1. The minimum absolute atomic E-state index is 1.09. The van der Waals surface area contributed by atoms with E-state index >= 15 is 0 Å². The molecule has 126 valence electrons. The van der Waals surface area contributed by atoms with Gasteiger partial charge in [-0.15, -0.1) is 0 Å². The number of hydrogen-bond acceptors (Lipinski definition) is 3. The first-order chi connectivity index (χ1) is 11.7. The van der Waals surface area contributed by atoms with E-state index in [0.717, 1.165) is 12.2 Å². The van der Waals surface area contributed by atoms with Gasteiger partial charge in [0.15, 0.2) is 0 Å². The van der Waals surface area contributed by atoms with E-state index in [4.69, 9.17) is 5.26 Å². The Labute approximate surface area is 153 Å². The van der Waals surface area contributed by atoms with Gasteiger partial charge in [0.05, 0.1) is 0 Å². The Morgan fingerprint density at radius 1 is 1.08 bits per heavy atom. The van der Waals surface area contributed by atoms with Crippen LogP contribution < -0.4 is 5.32 Å². The summed E-state index contributed by atoms with van der Waals surface area (Å²) in [5.74, 6) is 0. The molecule has 4 heteroatoms. The first-order valence-corrected chi connectivity index (χ1v) is 9.16. The molecule has 1 heterocycles. The molecule has 1 N–H and O–H groups in total. The number of benzene rings is 2. The Morgan fingerprint density at radius 3 is 2.38 bits per heavy atom. The molecule has 0 spiro atoms. The van der Waals surface area contributed by atoms with E-state index in [1.54, 1.807) is 4.98 Å². The van der Waals surface area contributed by atoms with Crippen LogP contribution in [0.3, 0.4) is 0 Å². The van der Waals surface area contributed by atoms with Gasteiger partial charge in [0, 0.05) is 33.8 Å². The number of anilines is 2. The molecule has 1 aliphatic heterocycles. The molecule has 1 saturated heterocycles. The maximum atomic E-state index is 7.24. The van der Waals surface area contributed by atoms with Gasteiger partial charge in [0.1, 0.15) is 4.98 Å². The van der Waals surface area contributed by atoms with Gasteiger partial charge in [-0.2, -0.15) is 5.26 Å². The maximum absolute atomic E-state index is 7.24. The predicted molar refractivity (Wildman–Crippen MR) is 105 cm³/mol. The van der Waals surface area contributed by atoms with Crippen LogP contribution in [0.2, 0.25) is 0 Å². The van der Waals surface area contributed by atoms with E-state index in [1.165, 1.54) is 49.2 Å². The lowest BCUT2D eigenvalue weighted by Gasteiger charge is -2.26. The highest BCUT2D eigenvalue weighted by Gasteiger charge is 2.10. The van der Waals surface area contributed by atoms with Crippen LogP contribution in [-0.4, -0.2) is 18.0 Å². The zero-order valence-corrected chi connectivity index (χ0v) is 15.7. The Morgan fingerprint density at radius 2 is 1.75 bits per heavy atom. The van der Waals surface area contributed by atoms with E-state index in [1.807, 2.05) is 6.07 Å². The van der Waals surface area contributed by atoms with Crippen molar-refractivity contribution < 1.29 is 0 Å². The number of nitrogens with one attached hydrogen (secondary N) is 1. The number of para-hydroxylation sites is 1. The lowest BCUT2D eigenvalue weighted by Crippen LogP contribution is -2.29. The number of nitriles is 1. The molecule has 0 unspecified atom stereocenters. The third kappa shape index (κ3) is 5.99. The second-order valence-electron chi connectivity index (χ2n) is 6.06. The molecule has 0 saturated carbocycles. The van der Waals surface area contributed by atoms with Gasteiger partial charge in [-0.3, -0.25) is 4.90 Å². The molecule has 0 aromatic heterocycles. The molecular formula is C20H24BrN3. The molecule has 0 amide bonds. The molecule has 0 radical (unpaired) electrons.